The van der Waals surface area contributed by atoms with Crippen LogP contribution in [0.5, 0.6) is 0 Å². The molecule has 112 valence electrons. The average molecular weight is 269 g/mol. The molecule has 0 bridgehead atoms. The second kappa shape index (κ2) is 7.05. The van der Waals surface area contributed by atoms with Gasteiger partial charge >= 0.3 is 0 Å². The molecule has 0 aromatic carbocycles. The quantitative estimate of drug-likeness (QED) is 0.851. The van der Waals surface area contributed by atoms with Crippen LogP contribution in [0.4, 0.5) is 0 Å². The third-order valence-corrected chi connectivity index (χ3v) is 4.95. The van der Waals surface area contributed by atoms with Gasteiger partial charge in [0.25, 0.3) is 0 Å². The van der Waals surface area contributed by atoms with Crippen LogP contribution in [0.25, 0.3) is 0 Å². The third-order valence-electron chi connectivity index (χ3n) is 4.95. The highest BCUT2D eigenvalue weighted by Crippen LogP contribution is 2.34. The van der Waals surface area contributed by atoms with Crippen LogP contribution in [0.1, 0.15) is 46.0 Å². The summed E-state index contributed by atoms with van der Waals surface area (Å²) in [4.78, 5) is 2.37. The Balaban J connectivity index is 1.78. The highest BCUT2D eigenvalue weighted by molar-refractivity contribution is 4.85. The fraction of sp³-hybridized carbons (Fsp3) is 1.00. The second-order valence-electron chi connectivity index (χ2n) is 6.99. The Labute approximate surface area is 118 Å². The molecule has 1 saturated heterocycles. The van der Waals surface area contributed by atoms with E-state index in [0.717, 1.165) is 26.1 Å². The smallest absolute Gasteiger partial charge is 0.0701 e. The summed E-state index contributed by atoms with van der Waals surface area (Å²) < 4.78 is 5.80. The number of aliphatic hydroxyl groups is 1. The van der Waals surface area contributed by atoms with Gasteiger partial charge in [0.2, 0.25) is 0 Å². The molecule has 0 spiro atoms. The van der Waals surface area contributed by atoms with Crippen LogP contribution < -0.4 is 0 Å². The minimum absolute atomic E-state index is 0.117. The van der Waals surface area contributed by atoms with Gasteiger partial charge in [-0.3, -0.25) is 0 Å². The number of nitrogens with zero attached hydrogens (tertiary/aromatic N) is 1. The normalized spacial score (nSPS) is 40.6. The van der Waals surface area contributed by atoms with Crippen molar-refractivity contribution >= 4 is 0 Å². The van der Waals surface area contributed by atoms with E-state index in [0.29, 0.717) is 23.9 Å². The van der Waals surface area contributed by atoms with Gasteiger partial charge in [0.1, 0.15) is 0 Å². The molecule has 5 atom stereocenters. The van der Waals surface area contributed by atoms with Crippen molar-refractivity contribution in [1.29, 1.82) is 0 Å². The van der Waals surface area contributed by atoms with Crippen LogP contribution in [0.3, 0.4) is 0 Å². The van der Waals surface area contributed by atoms with Gasteiger partial charge in [0.05, 0.1) is 12.2 Å². The van der Waals surface area contributed by atoms with Crippen LogP contribution in [-0.2, 0) is 4.74 Å². The largest absolute Gasteiger partial charge is 0.393 e. The predicted octanol–water partition coefficient (Wildman–Crippen LogP) is 2.53. The summed E-state index contributed by atoms with van der Waals surface area (Å²) in [6, 6.07) is 0. The molecule has 3 nitrogen and oxygen atoms in total. The topological polar surface area (TPSA) is 32.7 Å². The van der Waals surface area contributed by atoms with Gasteiger partial charge in [-0.2, -0.15) is 0 Å². The Morgan fingerprint density at radius 2 is 1.95 bits per heavy atom. The number of likely N-dealkylation sites (N-methyl/N-ethyl adjacent to an activating group) is 1. The van der Waals surface area contributed by atoms with Crippen LogP contribution in [0, 0.1) is 17.8 Å². The molecule has 2 aliphatic rings. The summed E-state index contributed by atoms with van der Waals surface area (Å²) >= 11 is 0. The molecule has 0 amide bonds. The minimum Gasteiger partial charge on any atom is -0.393 e. The summed E-state index contributed by atoms with van der Waals surface area (Å²) in [5.41, 5.74) is 0. The molecule has 0 aromatic rings. The predicted molar refractivity (Wildman–Crippen MR) is 78.1 cm³/mol. The average Bonchev–Trinajstić information content (AvgIpc) is 2.35. The van der Waals surface area contributed by atoms with E-state index in [1.54, 1.807) is 0 Å². The van der Waals surface area contributed by atoms with Gasteiger partial charge in [0, 0.05) is 25.6 Å². The van der Waals surface area contributed by atoms with Gasteiger partial charge in [-0.1, -0.05) is 13.8 Å². The monoisotopic (exact) mass is 269 g/mol. The molecule has 0 aromatic heterocycles. The van der Waals surface area contributed by atoms with Crippen molar-refractivity contribution in [1.82, 2.24) is 4.90 Å². The summed E-state index contributed by atoms with van der Waals surface area (Å²) in [6.45, 7) is 7.52. The first-order chi connectivity index (χ1) is 9.06. The molecule has 1 saturated carbocycles. The van der Waals surface area contributed by atoms with Crippen LogP contribution in [-0.4, -0.2) is 49.0 Å². The Morgan fingerprint density at radius 3 is 2.58 bits per heavy atom. The summed E-state index contributed by atoms with van der Waals surface area (Å²) in [5, 5.41) is 10.3. The van der Waals surface area contributed by atoms with Crippen molar-refractivity contribution in [2.45, 2.75) is 58.2 Å². The van der Waals surface area contributed by atoms with Crippen LogP contribution in [0.2, 0.25) is 0 Å². The lowest BCUT2D eigenvalue weighted by molar-refractivity contribution is -0.0257. The Morgan fingerprint density at radius 1 is 1.16 bits per heavy atom. The van der Waals surface area contributed by atoms with Crippen molar-refractivity contribution in [3.05, 3.63) is 0 Å². The van der Waals surface area contributed by atoms with Gasteiger partial charge in [-0.25, -0.2) is 0 Å². The van der Waals surface area contributed by atoms with Crippen molar-refractivity contribution < 1.29 is 9.84 Å². The molecule has 19 heavy (non-hydrogen) atoms. The maximum absolute atomic E-state index is 10.3. The van der Waals surface area contributed by atoms with Crippen LogP contribution >= 0.6 is 0 Å². The molecule has 1 heterocycles. The first-order valence-corrected chi connectivity index (χ1v) is 8.04. The maximum Gasteiger partial charge on any atom is 0.0701 e. The van der Waals surface area contributed by atoms with Crippen molar-refractivity contribution in [3.8, 4) is 0 Å². The molecule has 3 heteroatoms. The van der Waals surface area contributed by atoms with E-state index < -0.39 is 0 Å². The van der Waals surface area contributed by atoms with E-state index in [1.807, 2.05) is 0 Å². The molecule has 0 radical (unpaired) electrons. The first-order valence-electron chi connectivity index (χ1n) is 8.04. The second-order valence-corrected chi connectivity index (χ2v) is 6.99. The van der Waals surface area contributed by atoms with E-state index in [2.05, 4.69) is 25.8 Å². The highest BCUT2D eigenvalue weighted by Gasteiger charge is 2.33. The number of hydrogen-bond donors (Lipinski definition) is 1. The number of ether oxygens (including phenoxy) is 1. The Hall–Kier alpha value is -0.120. The molecule has 5 unspecified atom stereocenters. The SMILES string of the molecule is CC1CC(C)C(CN(C)CC2CCCCO2)C(O)C1. The molecule has 2 fully saturated rings. The molecular weight excluding hydrogens is 238 g/mol. The first kappa shape index (κ1) is 15.3. The van der Waals surface area contributed by atoms with Gasteiger partial charge in [-0.05, 0) is 51.0 Å². The lowest BCUT2D eigenvalue weighted by Gasteiger charge is -2.39. The van der Waals surface area contributed by atoms with Gasteiger partial charge < -0.3 is 14.7 Å². The molecular formula is C16H31NO2. The fourth-order valence-electron chi connectivity index (χ4n) is 3.91. The Kier molecular flexibility index (Phi) is 5.67. The molecule has 1 N–H and O–H groups in total. The fourth-order valence-corrected chi connectivity index (χ4v) is 3.91. The lowest BCUT2D eigenvalue weighted by atomic mass is 9.73. The van der Waals surface area contributed by atoms with E-state index >= 15 is 0 Å². The zero-order valence-electron chi connectivity index (χ0n) is 12.8. The van der Waals surface area contributed by atoms with E-state index in [1.165, 1.54) is 25.7 Å². The maximum atomic E-state index is 10.3. The molecule has 1 aliphatic carbocycles. The standard InChI is InChI=1S/C16H31NO2/c1-12-8-13(2)15(16(18)9-12)11-17(3)10-14-6-4-5-7-19-14/h12-16,18H,4-11H2,1-3H3. The number of aliphatic hydroxyl groups excluding tert-OH is 1. The van der Waals surface area contributed by atoms with E-state index in [9.17, 15) is 5.11 Å². The summed E-state index contributed by atoms with van der Waals surface area (Å²) in [6.07, 6.45) is 6.25. The lowest BCUT2D eigenvalue weighted by Crippen LogP contribution is -2.43. The van der Waals surface area contributed by atoms with Crippen molar-refractivity contribution in [2.24, 2.45) is 17.8 Å². The molecule has 1 aliphatic heterocycles. The highest BCUT2D eigenvalue weighted by atomic mass is 16.5. The number of hydrogen-bond acceptors (Lipinski definition) is 3. The summed E-state index contributed by atoms with van der Waals surface area (Å²) in [5.74, 6) is 1.74. The molecule has 2 rings (SSSR count). The Bertz CT molecular complexity index is 253. The number of rotatable bonds is 4. The van der Waals surface area contributed by atoms with Gasteiger partial charge in [0.15, 0.2) is 0 Å². The van der Waals surface area contributed by atoms with Crippen molar-refractivity contribution in [3.63, 3.8) is 0 Å². The zero-order valence-corrected chi connectivity index (χ0v) is 12.8. The van der Waals surface area contributed by atoms with E-state index in [4.69, 9.17) is 4.74 Å². The minimum atomic E-state index is -0.117. The summed E-state index contributed by atoms with van der Waals surface area (Å²) in [7, 11) is 2.18. The zero-order chi connectivity index (χ0) is 13.8. The van der Waals surface area contributed by atoms with Crippen LogP contribution in [0.15, 0.2) is 0 Å². The van der Waals surface area contributed by atoms with E-state index in [-0.39, 0.29) is 6.10 Å². The van der Waals surface area contributed by atoms with Gasteiger partial charge in [-0.15, -0.1) is 0 Å². The third kappa shape index (κ3) is 4.44. The van der Waals surface area contributed by atoms with Crippen molar-refractivity contribution in [2.75, 3.05) is 26.7 Å².